The van der Waals surface area contributed by atoms with E-state index in [9.17, 15) is 5.11 Å². The summed E-state index contributed by atoms with van der Waals surface area (Å²) in [5.74, 6) is 0. The maximum absolute atomic E-state index is 9.86. The molecule has 0 aliphatic heterocycles. The van der Waals surface area contributed by atoms with Crippen molar-refractivity contribution in [3.63, 3.8) is 0 Å². The van der Waals surface area contributed by atoms with Crippen LogP contribution in [0.25, 0.3) is 0 Å². The van der Waals surface area contributed by atoms with Gasteiger partial charge in [0.1, 0.15) is 11.1 Å². The molecule has 1 N–H and O–H groups in total. The van der Waals surface area contributed by atoms with Crippen molar-refractivity contribution in [2.75, 3.05) is 0 Å². The maximum Gasteiger partial charge on any atom is 0.122 e. The second-order valence-corrected chi connectivity index (χ2v) is 5.05. The number of nitrogens with zero attached hydrogens (tertiary/aromatic N) is 1. The van der Waals surface area contributed by atoms with Crippen molar-refractivity contribution in [3.8, 4) is 0 Å². The molecule has 0 spiro atoms. The van der Waals surface area contributed by atoms with Gasteiger partial charge in [-0.25, -0.2) is 4.98 Å². The van der Waals surface area contributed by atoms with Gasteiger partial charge in [0, 0.05) is 22.4 Å². The summed E-state index contributed by atoms with van der Waals surface area (Å²) in [6, 6.07) is 4.04. The van der Waals surface area contributed by atoms with Gasteiger partial charge in [-0.3, -0.25) is 0 Å². The van der Waals surface area contributed by atoms with E-state index in [1.54, 1.807) is 11.3 Å². The highest BCUT2D eigenvalue weighted by Crippen LogP contribution is 2.23. The van der Waals surface area contributed by atoms with Crippen LogP contribution < -0.4 is 0 Å². The second-order valence-electron chi connectivity index (χ2n) is 3.13. The van der Waals surface area contributed by atoms with E-state index in [-0.39, 0.29) is 0 Å². The molecule has 0 saturated heterocycles. The average molecular weight is 225 g/mol. The van der Waals surface area contributed by atoms with Gasteiger partial charge in [-0.05, 0) is 18.4 Å². The molecular formula is C10H11NOS2. The van der Waals surface area contributed by atoms with Gasteiger partial charge < -0.3 is 5.11 Å². The van der Waals surface area contributed by atoms with E-state index in [1.807, 2.05) is 29.8 Å². The van der Waals surface area contributed by atoms with Crippen molar-refractivity contribution in [3.05, 3.63) is 38.5 Å². The predicted molar refractivity (Wildman–Crippen MR) is 59.8 cm³/mol. The molecule has 2 aromatic rings. The summed E-state index contributed by atoms with van der Waals surface area (Å²) in [4.78, 5) is 5.46. The summed E-state index contributed by atoms with van der Waals surface area (Å²) in [6.45, 7) is 1.94. The molecule has 0 aliphatic rings. The molecule has 0 amide bonds. The number of thiazole rings is 1. The molecule has 2 aromatic heterocycles. The molecule has 2 nitrogen and oxygen atoms in total. The highest BCUT2D eigenvalue weighted by molar-refractivity contribution is 7.10. The zero-order valence-corrected chi connectivity index (χ0v) is 9.44. The number of hydrogen-bond donors (Lipinski definition) is 1. The summed E-state index contributed by atoms with van der Waals surface area (Å²) in [6.07, 6.45) is 0.220. The molecular weight excluding hydrogens is 214 g/mol. The predicted octanol–water partition coefficient (Wildman–Crippen LogP) is 2.79. The molecule has 0 radical (unpaired) electrons. The van der Waals surface area contributed by atoms with E-state index in [0.29, 0.717) is 6.42 Å². The smallest absolute Gasteiger partial charge is 0.122 e. The van der Waals surface area contributed by atoms with E-state index in [2.05, 4.69) is 4.98 Å². The Morgan fingerprint density at radius 1 is 1.50 bits per heavy atom. The van der Waals surface area contributed by atoms with Crippen LogP contribution in [-0.4, -0.2) is 10.1 Å². The van der Waals surface area contributed by atoms with Crippen LogP contribution in [0, 0.1) is 6.92 Å². The van der Waals surface area contributed by atoms with Crippen molar-refractivity contribution in [2.45, 2.75) is 19.4 Å². The number of aliphatic hydroxyl groups excluding tert-OH is 1. The van der Waals surface area contributed by atoms with Gasteiger partial charge in [-0.1, -0.05) is 6.07 Å². The number of rotatable bonds is 3. The van der Waals surface area contributed by atoms with Crippen LogP contribution in [0.4, 0.5) is 0 Å². The number of thiophene rings is 1. The van der Waals surface area contributed by atoms with Crippen LogP contribution in [-0.2, 0) is 6.42 Å². The topological polar surface area (TPSA) is 33.1 Å². The molecule has 2 rings (SSSR count). The summed E-state index contributed by atoms with van der Waals surface area (Å²) in [5, 5.41) is 14.7. The third-order valence-electron chi connectivity index (χ3n) is 1.90. The fourth-order valence-electron chi connectivity index (χ4n) is 1.23. The van der Waals surface area contributed by atoms with Crippen molar-refractivity contribution in [1.82, 2.24) is 4.98 Å². The minimum absolute atomic E-state index is 0.452. The van der Waals surface area contributed by atoms with Crippen LogP contribution in [0.5, 0.6) is 0 Å². The van der Waals surface area contributed by atoms with Crippen LogP contribution in [0.3, 0.4) is 0 Å². The zero-order valence-electron chi connectivity index (χ0n) is 7.80. The standard InChI is InChI=1S/C10H11NOS2/c1-7-6-14-10(11-7)9(12)5-8-3-2-4-13-8/h2-4,6,9,12H,5H2,1H3. The van der Waals surface area contributed by atoms with E-state index in [0.717, 1.165) is 10.7 Å². The largest absolute Gasteiger partial charge is 0.386 e. The Balaban J connectivity index is 2.06. The first-order chi connectivity index (χ1) is 6.75. The fourth-order valence-corrected chi connectivity index (χ4v) is 2.76. The second kappa shape index (κ2) is 4.21. The molecule has 0 fully saturated rings. The van der Waals surface area contributed by atoms with E-state index < -0.39 is 6.10 Å². The quantitative estimate of drug-likeness (QED) is 0.871. The Labute approximate surface area is 90.9 Å². The van der Waals surface area contributed by atoms with Crippen molar-refractivity contribution >= 4 is 22.7 Å². The lowest BCUT2D eigenvalue weighted by atomic mass is 10.2. The summed E-state index contributed by atoms with van der Waals surface area (Å²) < 4.78 is 0. The summed E-state index contributed by atoms with van der Waals surface area (Å²) in [7, 11) is 0. The molecule has 0 aliphatic carbocycles. The lowest BCUT2D eigenvalue weighted by molar-refractivity contribution is 0.179. The molecule has 4 heteroatoms. The van der Waals surface area contributed by atoms with E-state index in [1.165, 1.54) is 16.2 Å². The van der Waals surface area contributed by atoms with Gasteiger partial charge in [-0.15, -0.1) is 22.7 Å². The maximum atomic E-state index is 9.86. The van der Waals surface area contributed by atoms with Gasteiger partial charge in [0.25, 0.3) is 0 Å². The number of aliphatic hydroxyl groups is 1. The Kier molecular flexibility index (Phi) is 2.96. The molecule has 0 aromatic carbocycles. The monoisotopic (exact) mass is 225 g/mol. The van der Waals surface area contributed by atoms with Gasteiger partial charge in [-0.2, -0.15) is 0 Å². The highest BCUT2D eigenvalue weighted by Gasteiger charge is 2.12. The first-order valence-corrected chi connectivity index (χ1v) is 6.14. The van der Waals surface area contributed by atoms with Crippen LogP contribution >= 0.6 is 22.7 Å². The molecule has 14 heavy (non-hydrogen) atoms. The number of aromatic nitrogens is 1. The number of hydrogen-bond acceptors (Lipinski definition) is 4. The van der Waals surface area contributed by atoms with E-state index >= 15 is 0 Å². The fraction of sp³-hybridized carbons (Fsp3) is 0.300. The summed E-state index contributed by atoms with van der Waals surface area (Å²) in [5.41, 5.74) is 0.982. The third kappa shape index (κ3) is 2.20. The van der Waals surface area contributed by atoms with Crippen molar-refractivity contribution in [2.24, 2.45) is 0 Å². The van der Waals surface area contributed by atoms with Crippen molar-refractivity contribution in [1.29, 1.82) is 0 Å². The van der Waals surface area contributed by atoms with Crippen LogP contribution in [0.2, 0.25) is 0 Å². The zero-order chi connectivity index (χ0) is 9.97. The normalized spacial score (nSPS) is 13.0. The molecule has 0 saturated carbocycles. The SMILES string of the molecule is Cc1csc(C(O)Cc2cccs2)n1. The minimum atomic E-state index is -0.452. The van der Waals surface area contributed by atoms with Gasteiger partial charge in [0.15, 0.2) is 0 Å². The van der Waals surface area contributed by atoms with Crippen LogP contribution in [0.15, 0.2) is 22.9 Å². The lowest BCUT2D eigenvalue weighted by Crippen LogP contribution is -1.99. The first-order valence-electron chi connectivity index (χ1n) is 4.38. The molecule has 2 heterocycles. The Morgan fingerprint density at radius 2 is 2.36 bits per heavy atom. The molecule has 0 bridgehead atoms. The average Bonchev–Trinajstić information content (AvgIpc) is 2.75. The number of aryl methyl sites for hydroxylation is 1. The molecule has 74 valence electrons. The van der Waals surface area contributed by atoms with Crippen LogP contribution in [0.1, 0.15) is 21.7 Å². The molecule has 1 unspecified atom stereocenters. The Hall–Kier alpha value is -0.710. The van der Waals surface area contributed by atoms with E-state index in [4.69, 9.17) is 0 Å². The Bertz CT molecular complexity index is 394. The van der Waals surface area contributed by atoms with Gasteiger partial charge in [0.2, 0.25) is 0 Å². The Morgan fingerprint density at radius 3 is 2.93 bits per heavy atom. The molecule has 1 atom stereocenters. The van der Waals surface area contributed by atoms with Gasteiger partial charge >= 0.3 is 0 Å². The van der Waals surface area contributed by atoms with Gasteiger partial charge in [0.05, 0.1) is 0 Å². The minimum Gasteiger partial charge on any atom is -0.386 e. The third-order valence-corrected chi connectivity index (χ3v) is 3.86. The highest BCUT2D eigenvalue weighted by atomic mass is 32.1. The summed E-state index contributed by atoms with van der Waals surface area (Å²) >= 11 is 3.19. The first kappa shape index (κ1) is 9.83. The lowest BCUT2D eigenvalue weighted by Gasteiger charge is -2.04. The van der Waals surface area contributed by atoms with Crippen molar-refractivity contribution < 1.29 is 5.11 Å².